The molecule has 0 saturated carbocycles. The first kappa shape index (κ1) is 7.78. The van der Waals surface area contributed by atoms with Gasteiger partial charge in [0.05, 0.1) is 5.69 Å². The molecule has 0 atom stereocenters. The minimum atomic E-state index is -0.837. The standard InChI is InChI=1S/C7H7F2NO/c1-10-6-2-5(9)7(11)3-4(6)8/h2-3,10-11H,1H3. The molecule has 0 bridgehead atoms. The van der Waals surface area contributed by atoms with Crippen LogP contribution in [0.25, 0.3) is 0 Å². The molecule has 1 rings (SSSR count). The van der Waals surface area contributed by atoms with Gasteiger partial charge in [0, 0.05) is 19.2 Å². The summed E-state index contributed by atoms with van der Waals surface area (Å²) in [6.45, 7) is 0. The van der Waals surface area contributed by atoms with Crippen molar-refractivity contribution in [3.05, 3.63) is 23.8 Å². The fourth-order valence-electron chi connectivity index (χ4n) is 0.728. The number of halogens is 2. The van der Waals surface area contributed by atoms with E-state index in [2.05, 4.69) is 5.32 Å². The fraction of sp³-hybridized carbons (Fsp3) is 0.143. The lowest BCUT2D eigenvalue weighted by Crippen LogP contribution is -1.93. The van der Waals surface area contributed by atoms with E-state index in [0.29, 0.717) is 0 Å². The van der Waals surface area contributed by atoms with E-state index in [0.717, 1.165) is 12.1 Å². The molecule has 11 heavy (non-hydrogen) atoms. The second-order valence-electron chi connectivity index (χ2n) is 2.03. The third-order valence-electron chi connectivity index (χ3n) is 1.31. The van der Waals surface area contributed by atoms with Crippen molar-refractivity contribution in [1.29, 1.82) is 0 Å². The highest BCUT2D eigenvalue weighted by Crippen LogP contribution is 2.22. The van der Waals surface area contributed by atoms with Gasteiger partial charge < -0.3 is 10.4 Å². The summed E-state index contributed by atoms with van der Waals surface area (Å²) in [6.07, 6.45) is 0. The van der Waals surface area contributed by atoms with Gasteiger partial charge in [-0.05, 0) is 0 Å². The predicted octanol–water partition coefficient (Wildman–Crippen LogP) is 1.71. The van der Waals surface area contributed by atoms with E-state index in [4.69, 9.17) is 5.11 Å². The molecule has 0 aliphatic rings. The molecule has 2 N–H and O–H groups in total. The molecule has 0 aliphatic carbocycles. The van der Waals surface area contributed by atoms with Crippen LogP contribution in [0.1, 0.15) is 0 Å². The van der Waals surface area contributed by atoms with Crippen LogP contribution >= 0.6 is 0 Å². The van der Waals surface area contributed by atoms with Crippen LogP contribution in [-0.2, 0) is 0 Å². The summed E-state index contributed by atoms with van der Waals surface area (Å²) < 4.78 is 25.1. The highest BCUT2D eigenvalue weighted by molar-refractivity contribution is 5.47. The van der Waals surface area contributed by atoms with Crippen LogP contribution in [0.3, 0.4) is 0 Å². The Bertz CT molecular complexity index is 275. The maximum absolute atomic E-state index is 12.6. The molecule has 0 heterocycles. The Morgan fingerprint density at radius 2 is 1.91 bits per heavy atom. The van der Waals surface area contributed by atoms with E-state index in [1.165, 1.54) is 7.05 Å². The number of phenols is 1. The average molecular weight is 159 g/mol. The third-order valence-corrected chi connectivity index (χ3v) is 1.31. The Hall–Kier alpha value is -1.32. The minimum absolute atomic E-state index is 0.0281. The molecular formula is C7H7F2NO. The van der Waals surface area contributed by atoms with Crippen molar-refractivity contribution in [2.24, 2.45) is 0 Å². The van der Waals surface area contributed by atoms with Crippen molar-refractivity contribution in [1.82, 2.24) is 0 Å². The van der Waals surface area contributed by atoms with Crippen LogP contribution in [0.4, 0.5) is 14.5 Å². The number of benzene rings is 1. The van der Waals surface area contributed by atoms with Crippen LogP contribution in [0.2, 0.25) is 0 Å². The molecule has 0 fully saturated rings. The molecule has 1 aromatic rings. The Balaban J connectivity index is 3.21. The van der Waals surface area contributed by atoms with Gasteiger partial charge in [0.2, 0.25) is 0 Å². The van der Waals surface area contributed by atoms with Crippen molar-refractivity contribution in [2.75, 3.05) is 12.4 Å². The molecule has 0 aromatic heterocycles. The molecule has 0 aliphatic heterocycles. The van der Waals surface area contributed by atoms with Crippen molar-refractivity contribution >= 4 is 5.69 Å². The van der Waals surface area contributed by atoms with Gasteiger partial charge in [-0.3, -0.25) is 0 Å². The molecule has 2 nitrogen and oxygen atoms in total. The molecule has 0 amide bonds. The lowest BCUT2D eigenvalue weighted by atomic mass is 10.3. The smallest absolute Gasteiger partial charge is 0.167 e. The topological polar surface area (TPSA) is 32.3 Å². The predicted molar refractivity (Wildman–Crippen MR) is 37.6 cm³/mol. The Kier molecular flexibility index (Phi) is 1.94. The summed E-state index contributed by atoms with van der Waals surface area (Å²) in [5, 5.41) is 11.1. The maximum atomic E-state index is 12.6. The number of anilines is 1. The van der Waals surface area contributed by atoms with Gasteiger partial charge in [0.15, 0.2) is 11.6 Å². The van der Waals surface area contributed by atoms with E-state index in [1.54, 1.807) is 0 Å². The van der Waals surface area contributed by atoms with Crippen LogP contribution in [0, 0.1) is 11.6 Å². The Morgan fingerprint density at radius 1 is 1.27 bits per heavy atom. The summed E-state index contributed by atoms with van der Waals surface area (Å²) >= 11 is 0. The quantitative estimate of drug-likeness (QED) is 0.611. The molecule has 0 saturated heterocycles. The number of rotatable bonds is 1. The highest BCUT2D eigenvalue weighted by Gasteiger charge is 2.06. The van der Waals surface area contributed by atoms with Crippen molar-refractivity contribution in [3.8, 4) is 5.75 Å². The largest absolute Gasteiger partial charge is 0.505 e. The molecule has 0 unspecified atom stereocenters. The zero-order chi connectivity index (χ0) is 8.43. The van der Waals surface area contributed by atoms with E-state index in [-0.39, 0.29) is 5.69 Å². The van der Waals surface area contributed by atoms with Crippen molar-refractivity contribution in [2.45, 2.75) is 0 Å². The lowest BCUT2D eigenvalue weighted by Gasteiger charge is -2.02. The zero-order valence-electron chi connectivity index (χ0n) is 5.86. The van der Waals surface area contributed by atoms with Gasteiger partial charge in [0.25, 0.3) is 0 Å². The average Bonchev–Trinajstić information content (AvgIpc) is 1.97. The maximum Gasteiger partial charge on any atom is 0.167 e. The van der Waals surface area contributed by atoms with Crippen LogP contribution in [0.5, 0.6) is 5.75 Å². The van der Waals surface area contributed by atoms with E-state index in [1.807, 2.05) is 0 Å². The van der Waals surface area contributed by atoms with Crippen molar-refractivity contribution < 1.29 is 13.9 Å². The first-order chi connectivity index (χ1) is 5.15. The summed E-state index contributed by atoms with van der Waals surface area (Å²) in [5.41, 5.74) is 0.0281. The first-order valence-corrected chi connectivity index (χ1v) is 3.01. The van der Waals surface area contributed by atoms with E-state index < -0.39 is 17.4 Å². The normalized spacial score (nSPS) is 9.73. The van der Waals surface area contributed by atoms with Crippen LogP contribution in [-0.4, -0.2) is 12.2 Å². The number of nitrogens with one attached hydrogen (secondary N) is 1. The van der Waals surface area contributed by atoms with Gasteiger partial charge in [-0.25, -0.2) is 8.78 Å². The number of phenolic OH excluding ortho intramolecular Hbond substituents is 1. The summed E-state index contributed by atoms with van der Waals surface area (Å²) in [5.74, 6) is -2.19. The van der Waals surface area contributed by atoms with E-state index >= 15 is 0 Å². The summed E-state index contributed by atoms with van der Waals surface area (Å²) in [4.78, 5) is 0. The second-order valence-corrected chi connectivity index (χ2v) is 2.03. The number of hydrogen-bond donors (Lipinski definition) is 2. The molecular weight excluding hydrogens is 152 g/mol. The summed E-state index contributed by atoms with van der Waals surface area (Å²) in [7, 11) is 1.47. The highest BCUT2D eigenvalue weighted by atomic mass is 19.1. The molecule has 60 valence electrons. The Labute approximate surface area is 62.5 Å². The number of aromatic hydroxyl groups is 1. The Morgan fingerprint density at radius 3 is 2.45 bits per heavy atom. The van der Waals surface area contributed by atoms with Gasteiger partial charge in [-0.15, -0.1) is 0 Å². The second kappa shape index (κ2) is 2.74. The van der Waals surface area contributed by atoms with Crippen molar-refractivity contribution in [3.63, 3.8) is 0 Å². The summed E-state index contributed by atoms with van der Waals surface area (Å²) in [6, 6.07) is 1.62. The lowest BCUT2D eigenvalue weighted by molar-refractivity contribution is 0.427. The number of hydrogen-bond acceptors (Lipinski definition) is 2. The zero-order valence-corrected chi connectivity index (χ0v) is 5.86. The van der Waals surface area contributed by atoms with Gasteiger partial charge in [-0.1, -0.05) is 0 Å². The fourth-order valence-corrected chi connectivity index (χ4v) is 0.728. The molecule has 0 radical (unpaired) electrons. The molecule has 4 heteroatoms. The SMILES string of the molecule is CNc1cc(F)c(O)cc1F. The molecule has 1 aromatic carbocycles. The van der Waals surface area contributed by atoms with Gasteiger partial charge in [-0.2, -0.15) is 0 Å². The van der Waals surface area contributed by atoms with E-state index in [9.17, 15) is 8.78 Å². The van der Waals surface area contributed by atoms with Gasteiger partial charge in [0.1, 0.15) is 5.82 Å². The monoisotopic (exact) mass is 159 g/mol. The third kappa shape index (κ3) is 1.39. The minimum Gasteiger partial charge on any atom is -0.505 e. The van der Waals surface area contributed by atoms with Crippen LogP contribution in [0.15, 0.2) is 12.1 Å². The first-order valence-electron chi connectivity index (χ1n) is 3.01. The van der Waals surface area contributed by atoms with Crippen LogP contribution < -0.4 is 5.32 Å². The molecule has 0 spiro atoms. The van der Waals surface area contributed by atoms with Gasteiger partial charge >= 0.3 is 0 Å².